The number of esters is 1. The number of fused-ring (bicyclic) bond motifs is 1. The zero-order valence-corrected chi connectivity index (χ0v) is 13.5. The van der Waals surface area contributed by atoms with Crippen LogP contribution in [0.4, 0.5) is 10.1 Å². The molecule has 0 radical (unpaired) electrons. The van der Waals surface area contributed by atoms with Gasteiger partial charge in [0.05, 0.1) is 17.6 Å². The number of ether oxygens (including phenoxy) is 1. The molecule has 0 saturated heterocycles. The lowest BCUT2D eigenvalue weighted by Crippen LogP contribution is -2.12. The van der Waals surface area contributed by atoms with Crippen molar-refractivity contribution >= 4 is 22.6 Å². The summed E-state index contributed by atoms with van der Waals surface area (Å²) in [6, 6.07) is 6.46. The van der Waals surface area contributed by atoms with Gasteiger partial charge in [0.15, 0.2) is 0 Å². The van der Waals surface area contributed by atoms with Crippen LogP contribution in [0.5, 0.6) is 5.75 Å². The normalized spacial score (nSPS) is 10.8. The highest BCUT2D eigenvalue weighted by Gasteiger charge is 2.20. The minimum absolute atomic E-state index is 0.150. The molecule has 0 fully saturated rings. The van der Waals surface area contributed by atoms with Crippen molar-refractivity contribution in [3.05, 3.63) is 69.2 Å². The molecule has 2 aromatic carbocycles. The summed E-state index contributed by atoms with van der Waals surface area (Å²) in [5, 5.41) is 11.7. The Balaban J connectivity index is 1.86. The van der Waals surface area contributed by atoms with E-state index in [1.54, 1.807) is 0 Å². The Morgan fingerprint density at radius 3 is 2.76 bits per heavy atom. The monoisotopic (exact) mass is 343 g/mol. The third kappa shape index (κ3) is 3.21. The summed E-state index contributed by atoms with van der Waals surface area (Å²) in [7, 11) is 0. The predicted octanol–water partition coefficient (Wildman–Crippen LogP) is 4.25. The molecule has 0 aliphatic rings. The first-order valence-electron chi connectivity index (χ1n) is 7.47. The van der Waals surface area contributed by atoms with Gasteiger partial charge in [-0.15, -0.1) is 0 Å². The Hall–Kier alpha value is -3.22. The number of aryl methyl sites for hydroxylation is 2. The Morgan fingerprint density at radius 1 is 1.28 bits per heavy atom. The van der Waals surface area contributed by atoms with Crippen LogP contribution in [0.3, 0.4) is 0 Å². The lowest BCUT2D eigenvalue weighted by Gasteiger charge is -2.05. The van der Waals surface area contributed by atoms with Crippen LogP contribution >= 0.6 is 0 Å². The van der Waals surface area contributed by atoms with Gasteiger partial charge in [0.25, 0.3) is 0 Å². The molecular formula is C18H14FNO5. The largest absolute Gasteiger partial charge is 0.464 e. The molecule has 7 heteroatoms. The second-order valence-electron chi connectivity index (χ2n) is 5.67. The van der Waals surface area contributed by atoms with E-state index in [1.807, 2.05) is 26.0 Å². The molecule has 0 amide bonds. The zero-order chi connectivity index (χ0) is 18.1. The Kier molecular flexibility index (Phi) is 4.22. The van der Waals surface area contributed by atoms with Gasteiger partial charge in [0, 0.05) is 23.1 Å². The van der Waals surface area contributed by atoms with Crippen LogP contribution in [0.25, 0.3) is 11.0 Å². The molecule has 0 aliphatic heterocycles. The van der Waals surface area contributed by atoms with E-state index < -0.39 is 28.1 Å². The zero-order valence-electron chi connectivity index (χ0n) is 13.5. The van der Waals surface area contributed by atoms with Crippen LogP contribution in [0.15, 0.2) is 41.0 Å². The number of rotatable bonds is 4. The highest BCUT2D eigenvalue weighted by Crippen LogP contribution is 2.29. The number of carbonyl (C=O) groups excluding carboxylic acids is 1. The van der Waals surface area contributed by atoms with Crippen LogP contribution < -0.4 is 4.74 Å². The third-order valence-electron chi connectivity index (χ3n) is 4.02. The summed E-state index contributed by atoms with van der Waals surface area (Å²) in [5.74, 6) is -1.89. The minimum atomic E-state index is -0.741. The number of halogens is 1. The molecule has 1 heterocycles. The second-order valence-corrected chi connectivity index (χ2v) is 5.67. The van der Waals surface area contributed by atoms with E-state index in [4.69, 9.17) is 9.15 Å². The van der Waals surface area contributed by atoms with Gasteiger partial charge < -0.3 is 9.15 Å². The molecule has 0 bridgehead atoms. The van der Waals surface area contributed by atoms with Gasteiger partial charge in [-0.25, -0.2) is 4.39 Å². The Labute approximate surface area is 142 Å². The predicted molar refractivity (Wildman–Crippen MR) is 88.1 cm³/mol. The van der Waals surface area contributed by atoms with Crippen molar-refractivity contribution < 1.29 is 23.3 Å². The fraction of sp³-hybridized carbons (Fsp3) is 0.167. The maximum Gasteiger partial charge on any atom is 0.316 e. The van der Waals surface area contributed by atoms with E-state index in [-0.39, 0.29) is 6.42 Å². The Morgan fingerprint density at radius 2 is 2.04 bits per heavy atom. The number of nitro groups is 1. The van der Waals surface area contributed by atoms with Crippen molar-refractivity contribution in [1.29, 1.82) is 0 Å². The van der Waals surface area contributed by atoms with Gasteiger partial charge >= 0.3 is 11.7 Å². The van der Waals surface area contributed by atoms with Gasteiger partial charge in [-0.2, -0.15) is 0 Å². The van der Waals surface area contributed by atoms with Crippen molar-refractivity contribution in [2.75, 3.05) is 0 Å². The van der Waals surface area contributed by atoms with Gasteiger partial charge in [0.2, 0.25) is 5.75 Å². The number of nitro benzene ring substituents is 1. The number of nitrogens with zero attached hydrogens (tertiary/aromatic N) is 1. The fourth-order valence-electron chi connectivity index (χ4n) is 2.56. The first-order chi connectivity index (χ1) is 11.9. The number of benzene rings is 2. The molecular weight excluding hydrogens is 329 g/mol. The summed E-state index contributed by atoms with van der Waals surface area (Å²) in [6.07, 6.45) is 1.31. The highest BCUT2D eigenvalue weighted by molar-refractivity contribution is 5.88. The molecule has 0 saturated carbocycles. The average Bonchev–Trinajstić information content (AvgIpc) is 2.94. The highest BCUT2D eigenvalue weighted by atomic mass is 19.1. The van der Waals surface area contributed by atoms with E-state index in [0.29, 0.717) is 11.1 Å². The molecule has 3 aromatic rings. The Bertz CT molecular complexity index is 993. The van der Waals surface area contributed by atoms with E-state index in [0.717, 1.165) is 34.7 Å². The van der Waals surface area contributed by atoms with E-state index >= 15 is 0 Å². The first-order valence-corrected chi connectivity index (χ1v) is 7.47. The standard InChI is InChI=1S/C18H14FNO5/c1-10-3-5-14-12(9-24-18(14)11(10)2)7-17(21)25-16-8-13(19)4-6-15(16)20(22)23/h3-6,8-9H,7H2,1-2H3. The number of carbonyl (C=O) groups is 1. The van der Waals surface area contributed by atoms with Crippen LogP contribution in [0, 0.1) is 29.8 Å². The van der Waals surface area contributed by atoms with Gasteiger partial charge in [0.1, 0.15) is 11.4 Å². The summed E-state index contributed by atoms with van der Waals surface area (Å²) in [4.78, 5) is 22.4. The topological polar surface area (TPSA) is 82.6 Å². The molecule has 0 aliphatic carbocycles. The van der Waals surface area contributed by atoms with Crippen molar-refractivity contribution in [2.45, 2.75) is 20.3 Å². The van der Waals surface area contributed by atoms with Crippen molar-refractivity contribution in [3.8, 4) is 5.75 Å². The molecule has 128 valence electrons. The third-order valence-corrected chi connectivity index (χ3v) is 4.02. The molecule has 0 spiro atoms. The molecule has 25 heavy (non-hydrogen) atoms. The SMILES string of the molecule is Cc1ccc2c(CC(=O)Oc3cc(F)ccc3[N+](=O)[O-])coc2c1C. The van der Waals surface area contributed by atoms with Crippen molar-refractivity contribution in [2.24, 2.45) is 0 Å². The van der Waals surface area contributed by atoms with E-state index in [1.165, 1.54) is 6.26 Å². The molecule has 0 N–H and O–H groups in total. The quantitative estimate of drug-likeness (QED) is 0.306. The van der Waals surface area contributed by atoms with Crippen LogP contribution in [-0.2, 0) is 11.2 Å². The maximum absolute atomic E-state index is 13.3. The van der Waals surface area contributed by atoms with Crippen LogP contribution in [-0.4, -0.2) is 10.9 Å². The molecule has 3 rings (SSSR count). The van der Waals surface area contributed by atoms with Gasteiger partial charge in [-0.1, -0.05) is 12.1 Å². The van der Waals surface area contributed by atoms with Crippen LogP contribution in [0.1, 0.15) is 16.7 Å². The average molecular weight is 343 g/mol. The summed E-state index contributed by atoms with van der Waals surface area (Å²) in [5.41, 5.74) is 2.84. The van der Waals surface area contributed by atoms with E-state index in [9.17, 15) is 19.3 Å². The molecule has 6 nitrogen and oxygen atoms in total. The molecule has 0 atom stereocenters. The smallest absolute Gasteiger partial charge is 0.316 e. The minimum Gasteiger partial charge on any atom is -0.464 e. The number of hydrogen-bond donors (Lipinski definition) is 0. The second kappa shape index (κ2) is 6.35. The van der Waals surface area contributed by atoms with Crippen molar-refractivity contribution in [1.82, 2.24) is 0 Å². The van der Waals surface area contributed by atoms with Gasteiger partial charge in [-0.3, -0.25) is 14.9 Å². The lowest BCUT2D eigenvalue weighted by atomic mass is 10.0. The number of hydrogen-bond acceptors (Lipinski definition) is 5. The number of furan rings is 1. The molecule has 0 unspecified atom stereocenters. The maximum atomic E-state index is 13.3. The summed E-state index contributed by atoms with van der Waals surface area (Å²) in [6.45, 7) is 3.87. The fourth-order valence-corrected chi connectivity index (χ4v) is 2.56. The van der Waals surface area contributed by atoms with Crippen molar-refractivity contribution in [3.63, 3.8) is 0 Å². The summed E-state index contributed by atoms with van der Waals surface area (Å²) < 4.78 is 23.8. The van der Waals surface area contributed by atoms with Crippen LogP contribution in [0.2, 0.25) is 0 Å². The molecule has 1 aromatic heterocycles. The first kappa shape index (κ1) is 16.6. The van der Waals surface area contributed by atoms with E-state index in [2.05, 4.69) is 0 Å². The van der Waals surface area contributed by atoms with Gasteiger partial charge in [-0.05, 0) is 31.0 Å². The lowest BCUT2D eigenvalue weighted by molar-refractivity contribution is -0.385. The summed E-state index contributed by atoms with van der Waals surface area (Å²) >= 11 is 0.